The van der Waals surface area contributed by atoms with Gasteiger partial charge in [0.2, 0.25) is 5.95 Å². The maximum atomic E-state index is 8.97. The number of aliphatic hydroxyl groups is 1. The van der Waals surface area contributed by atoms with Crippen LogP contribution in [0.4, 0.5) is 11.8 Å². The zero-order chi connectivity index (χ0) is 14.7. The van der Waals surface area contributed by atoms with E-state index in [0.717, 1.165) is 0 Å². The fourth-order valence-electron chi connectivity index (χ4n) is 1.89. The second-order valence-corrected chi connectivity index (χ2v) is 4.28. The maximum Gasteiger partial charge on any atom is 0.227 e. The van der Waals surface area contributed by atoms with Crippen LogP contribution in [0.1, 0.15) is 0 Å². The fraction of sp³-hybridized carbons (Fsp3) is 0.385. The lowest BCUT2D eigenvalue weighted by Gasteiger charge is -2.17. The van der Waals surface area contributed by atoms with Crippen molar-refractivity contribution < 1.29 is 14.6 Å². The van der Waals surface area contributed by atoms with Crippen molar-refractivity contribution in [3.8, 4) is 11.5 Å². The summed E-state index contributed by atoms with van der Waals surface area (Å²) in [5.41, 5.74) is 6.63. The predicted octanol–water partition coefficient (Wildman–Crippen LogP) is 0.658. The number of hydrogen-bond donors (Lipinski definition) is 2. The number of nitrogen functional groups attached to an aromatic ring is 1. The Balaban J connectivity index is 2.58. The van der Waals surface area contributed by atoms with Crippen LogP contribution in [0, 0.1) is 0 Å². The minimum absolute atomic E-state index is 0.0176. The minimum Gasteiger partial charge on any atom is -0.493 e. The number of nitrogens with two attached hydrogens (primary N) is 1. The third-order valence-corrected chi connectivity index (χ3v) is 3.00. The van der Waals surface area contributed by atoms with Gasteiger partial charge in [0, 0.05) is 25.0 Å². The van der Waals surface area contributed by atoms with Gasteiger partial charge in [-0.3, -0.25) is 0 Å². The van der Waals surface area contributed by atoms with Gasteiger partial charge in [-0.25, -0.2) is 4.98 Å². The Morgan fingerprint density at radius 3 is 2.45 bits per heavy atom. The molecule has 0 amide bonds. The number of nitrogens with zero attached hydrogens (tertiary/aromatic N) is 3. The predicted molar refractivity (Wildman–Crippen MR) is 77.4 cm³/mol. The van der Waals surface area contributed by atoms with Crippen LogP contribution in [0.15, 0.2) is 12.1 Å². The molecular weight excluding hydrogens is 260 g/mol. The first-order valence-corrected chi connectivity index (χ1v) is 6.12. The van der Waals surface area contributed by atoms with Crippen LogP contribution in [-0.4, -0.2) is 49.5 Å². The van der Waals surface area contributed by atoms with Gasteiger partial charge < -0.3 is 25.2 Å². The van der Waals surface area contributed by atoms with Crippen LogP contribution in [-0.2, 0) is 0 Å². The first-order chi connectivity index (χ1) is 9.60. The molecule has 0 bridgehead atoms. The van der Waals surface area contributed by atoms with Crippen LogP contribution in [0.25, 0.3) is 10.9 Å². The number of likely N-dealkylation sites (N-methyl/N-ethyl adjacent to an activating group) is 1. The molecular formula is C13H18N4O3. The lowest BCUT2D eigenvalue weighted by molar-refractivity contribution is 0.303. The Kier molecular flexibility index (Phi) is 4.09. The molecule has 1 aromatic heterocycles. The minimum atomic E-state index is 0.0176. The second kappa shape index (κ2) is 5.79. The van der Waals surface area contributed by atoms with E-state index < -0.39 is 0 Å². The molecule has 3 N–H and O–H groups in total. The molecule has 1 heterocycles. The zero-order valence-corrected chi connectivity index (χ0v) is 11.8. The molecule has 20 heavy (non-hydrogen) atoms. The second-order valence-electron chi connectivity index (χ2n) is 4.28. The largest absolute Gasteiger partial charge is 0.493 e. The Hall–Kier alpha value is -2.28. The molecule has 0 atom stereocenters. The standard InChI is InChI=1S/C13H18N4O3/c1-17(4-5-18)13-15-9-7-11(20-3)10(19-2)6-8(9)12(14)16-13/h6-7,18H,4-5H2,1-3H3,(H2,14,15,16). The SMILES string of the molecule is COc1cc2nc(N(C)CCO)nc(N)c2cc1OC. The first-order valence-electron chi connectivity index (χ1n) is 6.12. The van der Waals surface area contributed by atoms with Gasteiger partial charge in [0.05, 0.1) is 26.3 Å². The third kappa shape index (κ3) is 2.53. The number of rotatable bonds is 5. The molecule has 0 fully saturated rings. The van der Waals surface area contributed by atoms with Crippen LogP contribution in [0.5, 0.6) is 11.5 Å². The average molecular weight is 278 g/mol. The number of anilines is 2. The highest BCUT2D eigenvalue weighted by atomic mass is 16.5. The van der Waals surface area contributed by atoms with E-state index in [2.05, 4.69) is 9.97 Å². The number of aliphatic hydroxyl groups excluding tert-OH is 1. The Bertz CT molecular complexity index is 618. The summed E-state index contributed by atoms with van der Waals surface area (Å²) in [5, 5.41) is 9.66. The van der Waals surface area contributed by atoms with E-state index in [1.165, 1.54) is 0 Å². The number of aromatic nitrogens is 2. The summed E-state index contributed by atoms with van der Waals surface area (Å²) < 4.78 is 10.5. The van der Waals surface area contributed by atoms with Gasteiger partial charge in [0.1, 0.15) is 5.82 Å². The average Bonchev–Trinajstić information content (AvgIpc) is 2.46. The van der Waals surface area contributed by atoms with E-state index in [1.54, 1.807) is 38.3 Å². The number of benzene rings is 1. The van der Waals surface area contributed by atoms with Crippen LogP contribution in [0.2, 0.25) is 0 Å². The normalized spacial score (nSPS) is 10.6. The van der Waals surface area contributed by atoms with Crippen molar-refractivity contribution in [2.24, 2.45) is 0 Å². The Morgan fingerprint density at radius 1 is 1.20 bits per heavy atom. The molecule has 2 rings (SSSR count). The lowest BCUT2D eigenvalue weighted by atomic mass is 10.2. The fourth-order valence-corrected chi connectivity index (χ4v) is 1.89. The summed E-state index contributed by atoms with van der Waals surface area (Å²) in [4.78, 5) is 10.4. The first kappa shape index (κ1) is 14.1. The zero-order valence-electron chi connectivity index (χ0n) is 11.8. The highest BCUT2D eigenvalue weighted by molar-refractivity contribution is 5.91. The quantitative estimate of drug-likeness (QED) is 0.829. The van der Waals surface area contributed by atoms with Gasteiger partial charge in [0.15, 0.2) is 11.5 Å². The number of hydrogen-bond acceptors (Lipinski definition) is 7. The van der Waals surface area contributed by atoms with Crippen molar-refractivity contribution in [1.82, 2.24) is 9.97 Å². The molecule has 2 aromatic rings. The van der Waals surface area contributed by atoms with Gasteiger partial charge in [-0.2, -0.15) is 4.98 Å². The summed E-state index contributed by atoms with van der Waals surface area (Å²) in [6.07, 6.45) is 0. The smallest absolute Gasteiger partial charge is 0.227 e. The molecule has 0 aliphatic carbocycles. The number of methoxy groups -OCH3 is 2. The van der Waals surface area contributed by atoms with Gasteiger partial charge in [-0.1, -0.05) is 0 Å². The number of ether oxygens (including phenoxy) is 2. The Morgan fingerprint density at radius 2 is 1.85 bits per heavy atom. The molecule has 0 saturated heterocycles. The van der Waals surface area contributed by atoms with E-state index in [1.807, 2.05) is 0 Å². The van der Waals surface area contributed by atoms with Crippen molar-refractivity contribution in [2.45, 2.75) is 0 Å². The molecule has 0 aliphatic rings. The monoisotopic (exact) mass is 278 g/mol. The summed E-state index contributed by atoms with van der Waals surface area (Å²) in [7, 11) is 4.91. The molecule has 0 saturated carbocycles. The molecule has 7 heteroatoms. The molecule has 0 aliphatic heterocycles. The van der Waals surface area contributed by atoms with Gasteiger partial charge in [-0.15, -0.1) is 0 Å². The summed E-state index contributed by atoms with van der Waals surface area (Å²) in [6, 6.07) is 3.50. The van der Waals surface area contributed by atoms with Crippen LogP contribution < -0.4 is 20.1 Å². The molecule has 108 valence electrons. The summed E-state index contributed by atoms with van der Waals surface area (Å²) in [6.45, 7) is 0.446. The maximum absolute atomic E-state index is 8.97. The van der Waals surface area contributed by atoms with Gasteiger partial charge in [-0.05, 0) is 6.07 Å². The van der Waals surface area contributed by atoms with Crippen molar-refractivity contribution >= 4 is 22.7 Å². The van der Waals surface area contributed by atoms with Crippen molar-refractivity contribution in [3.05, 3.63) is 12.1 Å². The highest BCUT2D eigenvalue weighted by Gasteiger charge is 2.13. The van der Waals surface area contributed by atoms with E-state index in [9.17, 15) is 0 Å². The summed E-state index contributed by atoms with van der Waals surface area (Å²) in [5.74, 6) is 1.97. The molecule has 0 spiro atoms. The highest BCUT2D eigenvalue weighted by Crippen LogP contribution is 2.33. The Labute approximate surface area is 116 Å². The van der Waals surface area contributed by atoms with Crippen molar-refractivity contribution in [1.29, 1.82) is 0 Å². The van der Waals surface area contributed by atoms with E-state index in [0.29, 0.717) is 40.7 Å². The van der Waals surface area contributed by atoms with Crippen molar-refractivity contribution in [3.63, 3.8) is 0 Å². The van der Waals surface area contributed by atoms with Crippen molar-refractivity contribution in [2.75, 3.05) is 45.1 Å². The molecule has 0 unspecified atom stereocenters. The van der Waals surface area contributed by atoms with E-state index in [4.69, 9.17) is 20.3 Å². The lowest BCUT2D eigenvalue weighted by Crippen LogP contribution is -2.23. The summed E-state index contributed by atoms with van der Waals surface area (Å²) >= 11 is 0. The van der Waals surface area contributed by atoms with Crippen LogP contribution >= 0.6 is 0 Å². The van der Waals surface area contributed by atoms with Gasteiger partial charge >= 0.3 is 0 Å². The molecule has 7 nitrogen and oxygen atoms in total. The number of fused-ring (bicyclic) bond motifs is 1. The van der Waals surface area contributed by atoms with Gasteiger partial charge in [0.25, 0.3) is 0 Å². The van der Waals surface area contributed by atoms with E-state index in [-0.39, 0.29) is 6.61 Å². The topological polar surface area (TPSA) is 93.7 Å². The molecule has 0 radical (unpaired) electrons. The third-order valence-electron chi connectivity index (χ3n) is 3.00. The molecule has 1 aromatic carbocycles. The van der Waals surface area contributed by atoms with E-state index >= 15 is 0 Å². The van der Waals surface area contributed by atoms with Crippen LogP contribution in [0.3, 0.4) is 0 Å².